The molecule has 0 bridgehead atoms. The molecule has 0 spiro atoms. The highest BCUT2D eigenvalue weighted by Crippen LogP contribution is 2.37. The number of halogens is 1. The fraction of sp³-hybridized carbons (Fsp3) is 0.227. The lowest BCUT2D eigenvalue weighted by Gasteiger charge is -2.16. The van der Waals surface area contributed by atoms with Crippen LogP contribution in [0.4, 0.5) is 0 Å². The average Bonchev–Trinajstić information content (AvgIpc) is 2.73. The minimum Gasteiger partial charge on any atom is -0.489 e. The van der Waals surface area contributed by atoms with Gasteiger partial charge in [0.1, 0.15) is 11.8 Å². The molecular formula is C22H23ClN2O6. The lowest BCUT2D eigenvalue weighted by Crippen LogP contribution is -2.08. The van der Waals surface area contributed by atoms with Crippen molar-refractivity contribution in [2.45, 2.75) is 19.9 Å². The molecule has 3 N–H and O–H groups in total. The van der Waals surface area contributed by atoms with Gasteiger partial charge in [-0.15, -0.1) is 0 Å². The molecule has 0 aliphatic carbocycles. The Morgan fingerprint density at radius 3 is 2.39 bits per heavy atom. The van der Waals surface area contributed by atoms with E-state index in [4.69, 9.17) is 31.3 Å². The second-order valence-corrected chi connectivity index (χ2v) is 6.42. The van der Waals surface area contributed by atoms with E-state index >= 15 is 0 Å². The van der Waals surface area contributed by atoms with Crippen LogP contribution >= 0.6 is 11.6 Å². The maximum absolute atomic E-state index is 9.55. The van der Waals surface area contributed by atoms with Crippen LogP contribution in [0.5, 0.6) is 17.2 Å². The van der Waals surface area contributed by atoms with E-state index in [0.717, 1.165) is 12.0 Å². The average molecular weight is 447 g/mol. The van der Waals surface area contributed by atoms with Gasteiger partial charge in [0.2, 0.25) is 0 Å². The van der Waals surface area contributed by atoms with Crippen molar-refractivity contribution in [1.82, 2.24) is 5.32 Å². The number of aliphatic carboxylic acids is 2. The first-order valence-electron chi connectivity index (χ1n) is 9.23. The van der Waals surface area contributed by atoms with Crippen LogP contribution in [-0.2, 0) is 16.1 Å². The van der Waals surface area contributed by atoms with Gasteiger partial charge in [-0.2, -0.15) is 5.26 Å². The van der Waals surface area contributed by atoms with Crippen LogP contribution in [-0.4, -0.2) is 35.8 Å². The first-order chi connectivity index (χ1) is 14.8. The van der Waals surface area contributed by atoms with Crippen molar-refractivity contribution >= 4 is 23.5 Å². The molecule has 164 valence electrons. The minimum atomic E-state index is -1.26. The molecule has 0 saturated carbocycles. The van der Waals surface area contributed by atoms with E-state index in [1.54, 1.807) is 18.2 Å². The highest BCUT2D eigenvalue weighted by atomic mass is 35.5. The number of carboxylic acids is 2. The molecular weight excluding hydrogens is 424 g/mol. The third kappa shape index (κ3) is 9.21. The molecule has 0 aliphatic heterocycles. The van der Waals surface area contributed by atoms with Crippen molar-refractivity contribution in [2.75, 3.05) is 13.7 Å². The smallest absolute Gasteiger partial charge is 0.328 e. The van der Waals surface area contributed by atoms with Gasteiger partial charge in [-0.05, 0) is 31.7 Å². The highest BCUT2D eigenvalue weighted by Gasteiger charge is 2.14. The Labute approximate surface area is 185 Å². The molecule has 8 nitrogen and oxygen atoms in total. The largest absolute Gasteiger partial charge is 0.489 e. The number of hydrogen-bond acceptors (Lipinski definition) is 6. The SMILES string of the molecule is CCCOc1c(CNC)cccc1Oc1cc(Cl)ccc1C#N.O=C(O)C=CC(=O)O. The standard InChI is InChI=1S/C18H19ClN2O2.C4H4O4/c1-3-9-22-18-14(12-21-2)5-4-6-16(18)23-17-10-15(19)8-7-13(17)11-20;5-3(6)1-2-4(7)8/h4-8,10,21H,3,9,12H2,1-2H3;1-2H,(H,5,6)(H,7,8). The van der Waals surface area contributed by atoms with Gasteiger partial charge in [-0.25, -0.2) is 9.59 Å². The zero-order chi connectivity index (χ0) is 23.2. The summed E-state index contributed by atoms with van der Waals surface area (Å²) in [6.45, 7) is 3.31. The van der Waals surface area contributed by atoms with Gasteiger partial charge >= 0.3 is 11.9 Å². The summed E-state index contributed by atoms with van der Waals surface area (Å²) in [6, 6.07) is 12.8. The second kappa shape index (κ2) is 13.6. The van der Waals surface area contributed by atoms with Gasteiger partial charge in [0.05, 0.1) is 12.2 Å². The van der Waals surface area contributed by atoms with Crippen molar-refractivity contribution in [3.8, 4) is 23.3 Å². The third-order valence-corrected chi connectivity index (χ3v) is 3.77. The van der Waals surface area contributed by atoms with E-state index in [9.17, 15) is 14.9 Å². The Kier molecular flexibility index (Phi) is 11.2. The van der Waals surface area contributed by atoms with Crippen LogP contribution in [0, 0.1) is 11.3 Å². The maximum Gasteiger partial charge on any atom is 0.328 e. The molecule has 0 saturated heterocycles. The first-order valence-corrected chi connectivity index (χ1v) is 9.60. The second-order valence-electron chi connectivity index (χ2n) is 5.99. The number of nitriles is 1. The lowest BCUT2D eigenvalue weighted by molar-refractivity contribution is -0.134. The van der Waals surface area contributed by atoms with E-state index in [-0.39, 0.29) is 0 Å². The van der Waals surface area contributed by atoms with Crippen LogP contribution in [0.1, 0.15) is 24.5 Å². The molecule has 2 aromatic carbocycles. The van der Waals surface area contributed by atoms with Crippen LogP contribution in [0.15, 0.2) is 48.6 Å². The summed E-state index contributed by atoms with van der Waals surface area (Å²) in [5.74, 6) is -0.833. The summed E-state index contributed by atoms with van der Waals surface area (Å²) < 4.78 is 11.8. The fourth-order valence-corrected chi connectivity index (χ4v) is 2.44. The Hall–Kier alpha value is -3.54. The van der Waals surface area contributed by atoms with Crippen LogP contribution in [0.25, 0.3) is 0 Å². The zero-order valence-electron chi connectivity index (χ0n) is 17.1. The van der Waals surface area contributed by atoms with Crippen molar-refractivity contribution < 1.29 is 29.3 Å². The number of carbonyl (C=O) groups is 2. The summed E-state index contributed by atoms with van der Waals surface area (Å²) in [5.41, 5.74) is 1.42. The predicted molar refractivity (Wildman–Crippen MR) is 116 cm³/mol. The summed E-state index contributed by atoms with van der Waals surface area (Å²) in [5, 5.41) is 28.5. The van der Waals surface area contributed by atoms with Gasteiger partial charge in [0.15, 0.2) is 11.5 Å². The Morgan fingerprint density at radius 2 is 1.84 bits per heavy atom. The van der Waals surface area contributed by atoms with Crippen molar-refractivity contribution in [3.63, 3.8) is 0 Å². The van der Waals surface area contributed by atoms with Crippen molar-refractivity contribution in [3.05, 3.63) is 64.7 Å². The predicted octanol–water partition coefficient (Wildman–Crippen LogP) is 4.22. The Balaban J connectivity index is 0.000000512. The Morgan fingerprint density at radius 1 is 1.16 bits per heavy atom. The summed E-state index contributed by atoms with van der Waals surface area (Å²) in [7, 11) is 1.88. The number of nitrogens with one attached hydrogen (secondary N) is 1. The number of benzene rings is 2. The minimum absolute atomic E-state index is 0.419. The van der Waals surface area contributed by atoms with Gasteiger partial charge in [0, 0.05) is 35.3 Å². The van der Waals surface area contributed by atoms with Gasteiger partial charge < -0.3 is 25.0 Å². The number of ether oxygens (including phenoxy) is 2. The van der Waals surface area contributed by atoms with Crippen LogP contribution in [0.3, 0.4) is 0 Å². The number of rotatable bonds is 9. The molecule has 0 amide bonds. The monoisotopic (exact) mass is 446 g/mol. The normalized spacial score (nSPS) is 10.0. The molecule has 0 aliphatic rings. The number of para-hydroxylation sites is 1. The highest BCUT2D eigenvalue weighted by molar-refractivity contribution is 6.30. The fourth-order valence-electron chi connectivity index (χ4n) is 2.27. The van der Waals surface area contributed by atoms with E-state index in [1.165, 1.54) is 0 Å². The van der Waals surface area contributed by atoms with Crippen LogP contribution in [0.2, 0.25) is 5.02 Å². The summed E-state index contributed by atoms with van der Waals surface area (Å²) in [4.78, 5) is 19.1. The molecule has 0 unspecified atom stereocenters. The van der Waals surface area contributed by atoms with Gasteiger partial charge in [-0.1, -0.05) is 30.7 Å². The molecule has 31 heavy (non-hydrogen) atoms. The van der Waals surface area contributed by atoms with Crippen molar-refractivity contribution in [2.24, 2.45) is 0 Å². The Bertz CT molecular complexity index is 953. The van der Waals surface area contributed by atoms with E-state index in [0.29, 0.717) is 53.1 Å². The molecule has 0 heterocycles. The van der Waals surface area contributed by atoms with E-state index in [2.05, 4.69) is 11.4 Å². The number of carboxylic acid groups (broad SMARTS) is 2. The topological polar surface area (TPSA) is 129 Å². The molecule has 0 aromatic heterocycles. The molecule has 0 fully saturated rings. The molecule has 0 atom stereocenters. The van der Waals surface area contributed by atoms with Gasteiger partial charge in [0.25, 0.3) is 0 Å². The summed E-state index contributed by atoms with van der Waals surface area (Å²) in [6.07, 6.45) is 2.01. The maximum atomic E-state index is 9.55. The number of hydrogen-bond donors (Lipinski definition) is 3. The quantitative estimate of drug-likeness (QED) is 0.488. The lowest BCUT2D eigenvalue weighted by atomic mass is 10.1. The van der Waals surface area contributed by atoms with Gasteiger partial charge in [-0.3, -0.25) is 0 Å². The first kappa shape index (κ1) is 25.5. The number of nitrogens with zero attached hydrogens (tertiary/aromatic N) is 1. The summed E-state index contributed by atoms with van der Waals surface area (Å²) >= 11 is 6.01. The van der Waals surface area contributed by atoms with Crippen LogP contribution < -0.4 is 14.8 Å². The molecule has 9 heteroatoms. The van der Waals surface area contributed by atoms with E-state index < -0.39 is 11.9 Å². The molecule has 2 rings (SSSR count). The molecule has 0 radical (unpaired) electrons. The zero-order valence-corrected chi connectivity index (χ0v) is 17.8. The third-order valence-electron chi connectivity index (χ3n) is 3.53. The molecule has 2 aromatic rings. The van der Waals surface area contributed by atoms with E-state index in [1.807, 2.05) is 32.2 Å². The van der Waals surface area contributed by atoms with Crippen molar-refractivity contribution in [1.29, 1.82) is 5.26 Å².